The molecule has 1 heterocycles. The van der Waals surface area contributed by atoms with E-state index in [0.717, 1.165) is 49.4 Å². The Morgan fingerprint density at radius 3 is 2.24 bits per heavy atom. The Balaban J connectivity index is 1.51. The number of ether oxygens (including phenoxy) is 4. The number of carbonyl (C=O) groups is 1. The van der Waals surface area contributed by atoms with Crippen LogP contribution in [0.4, 0.5) is 0 Å². The summed E-state index contributed by atoms with van der Waals surface area (Å²) in [6.07, 6.45) is 7.85. The zero-order chi connectivity index (χ0) is 23.5. The zero-order valence-electron chi connectivity index (χ0n) is 20.3. The molecule has 0 saturated carbocycles. The molecule has 0 aliphatic carbocycles. The topological polar surface area (TPSA) is 54.0 Å². The van der Waals surface area contributed by atoms with Crippen LogP contribution in [0.25, 0.3) is 0 Å². The van der Waals surface area contributed by atoms with Crippen molar-refractivity contribution >= 4 is 5.97 Å². The highest BCUT2D eigenvalue weighted by Crippen LogP contribution is 2.29. The molecule has 2 aromatic carbocycles. The van der Waals surface area contributed by atoms with Crippen LogP contribution >= 0.6 is 0 Å². The van der Waals surface area contributed by atoms with Crippen molar-refractivity contribution in [3.63, 3.8) is 0 Å². The molecule has 0 bridgehead atoms. The third-order valence-electron chi connectivity index (χ3n) is 5.98. The number of esters is 1. The third-order valence-corrected chi connectivity index (χ3v) is 5.98. The van der Waals surface area contributed by atoms with E-state index in [4.69, 9.17) is 18.9 Å². The minimum Gasteiger partial charge on any atom is -0.494 e. The number of aryl methyl sites for hydroxylation is 1. The van der Waals surface area contributed by atoms with Crippen molar-refractivity contribution in [1.29, 1.82) is 0 Å². The highest BCUT2D eigenvalue weighted by molar-refractivity contribution is 5.92. The van der Waals surface area contributed by atoms with E-state index in [2.05, 4.69) is 13.8 Å². The number of rotatable bonds is 12. The van der Waals surface area contributed by atoms with Crippen LogP contribution in [0.2, 0.25) is 0 Å². The van der Waals surface area contributed by atoms with E-state index >= 15 is 0 Å². The quantitative estimate of drug-likeness (QED) is 0.196. The largest absolute Gasteiger partial charge is 0.494 e. The van der Waals surface area contributed by atoms with E-state index in [1.54, 1.807) is 18.2 Å². The summed E-state index contributed by atoms with van der Waals surface area (Å²) in [6.45, 7) is 8.42. The number of unbranched alkanes of at least 4 members (excludes halogenated alkanes) is 4. The van der Waals surface area contributed by atoms with Gasteiger partial charge in [0, 0.05) is 11.5 Å². The highest BCUT2D eigenvalue weighted by Gasteiger charge is 2.24. The molecule has 1 aliphatic rings. The molecule has 1 saturated heterocycles. The molecule has 2 aromatic rings. The molecule has 0 spiro atoms. The molecular formula is C28H38O5. The average Bonchev–Trinajstić information content (AvgIpc) is 2.83. The summed E-state index contributed by atoms with van der Waals surface area (Å²) in [7, 11) is 0. The average molecular weight is 455 g/mol. The SMILES string of the molecule is CCCCCOc1ccc(OC(=O)c2ccc(C3OCC(CCCCC)CO3)cc2C)cc1. The predicted molar refractivity (Wildman–Crippen MR) is 130 cm³/mol. The van der Waals surface area contributed by atoms with Crippen molar-refractivity contribution in [1.82, 2.24) is 0 Å². The minimum atomic E-state index is -0.378. The van der Waals surface area contributed by atoms with Gasteiger partial charge in [0.1, 0.15) is 11.5 Å². The molecule has 3 rings (SSSR count). The Kier molecular flexibility index (Phi) is 10.2. The molecule has 1 fully saturated rings. The molecule has 0 amide bonds. The maximum Gasteiger partial charge on any atom is 0.343 e. The van der Waals surface area contributed by atoms with Gasteiger partial charge < -0.3 is 18.9 Å². The third kappa shape index (κ3) is 7.86. The lowest BCUT2D eigenvalue weighted by Gasteiger charge is -2.30. The second-order valence-electron chi connectivity index (χ2n) is 8.85. The molecular weight excluding hydrogens is 416 g/mol. The lowest BCUT2D eigenvalue weighted by atomic mass is 10.0. The molecule has 0 unspecified atom stereocenters. The van der Waals surface area contributed by atoms with Crippen molar-refractivity contribution < 1.29 is 23.7 Å². The van der Waals surface area contributed by atoms with E-state index in [-0.39, 0.29) is 12.3 Å². The summed E-state index contributed by atoms with van der Waals surface area (Å²) < 4.78 is 23.2. The molecule has 0 radical (unpaired) electrons. The number of carbonyl (C=O) groups excluding carboxylic acids is 1. The van der Waals surface area contributed by atoms with Gasteiger partial charge in [-0.1, -0.05) is 58.1 Å². The van der Waals surface area contributed by atoms with Crippen LogP contribution in [0.1, 0.15) is 86.6 Å². The molecule has 5 nitrogen and oxygen atoms in total. The summed E-state index contributed by atoms with van der Waals surface area (Å²) in [5.74, 6) is 1.37. The smallest absolute Gasteiger partial charge is 0.343 e. The molecule has 33 heavy (non-hydrogen) atoms. The Morgan fingerprint density at radius 2 is 1.58 bits per heavy atom. The molecule has 0 atom stereocenters. The Hall–Kier alpha value is -2.37. The van der Waals surface area contributed by atoms with Gasteiger partial charge >= 0.3 is 5.97 Å². The highest BCUT2D eigenvalue weighted by atomic mass is 16.7. The Bertz CT molecular complexity index is 853. The van der Waals surface area contributed by atoms with Crippen molar-refractivity contribution in [2.75, 3.05) is 19.8 Å². The van der Waals surface area contributed by atoms with Gasteiger partial charge in [0.05, 0.1) is 25.4 Å². The van der Waals surface area contributed by atoms with Crippen LogP contribution in [0, 0.1) is 12.8 Å². The summed E-state index contributed by atoms with van der Waals surface area (Å²) >= 11 is 0. The second-order valence-corrected chi connectivity index (χ2v) is 8.85. The fourth-order valence-corrected chi connectivity index (χ4v) is 3.96. The number of hydrogen-bond acceptors (Lipinski definition) is 5. The van der Waals surface area contributed by atoms with Gasteiger partial charge in [-0.05, 0) is 55.7 Å². The fraction of sp³-hybridized carbons (Fsp3) is 0.536. The first-order valence-electron chi connectivity index (χ1n) is 12.4. The van der Waals surface area contributed by atoms with E-state index in [9.17, 15) is 4.79 Å². The first-order valence-corrected chi connectivity index (χ1v) is 12.4. The number of hydrogen-bond donors (Lipinski definition) is 0. The normalized spacial score (nSPS) is 18.2. The molecule has 5 heteroatoms. The Morgan fingerprint density at radius 1 is 0.909 bits per heavy atom. The van der Waals surface area contributed by atoms with E-state index < -0.39 is 0 Å². The lowest BCUT2D eigenvalue weighted by Crippen LogP contribution is -2.27. The second kappa shape index (κ2) is 13.4. The van der Waals surface area contributed by atoms with Crippen molar-refractivity contribution in [2.24, 2.45) is 5.92 Å². The van der Waals surface area contributed by atoms with Gasteiger partial charge in [-0.25, -0.2) is 4.79 Å². The minimum absolute atomic E-state index is 0.374. The van der Waals surface area contributed by atoms with Crippen LogP contribution in [0.15, 0.2) is 42.5 Å². The van der Waals surface area contributed by atoms with Gasteiger partial charge in [0.15, 0.2) is 6.29 Å². The standard InChI is InChI=1S/C28H38O5/c1-4-6-8-10-22-19-31-28(32-20-22)23-11-16-26(21(3)18-23)27(29)33-25-14-12-24(13-15-25)30-17-9-7-5-2/h11-16,18,22,28H,4-10,17,19-20H2,1-3H3. The number of benzene rings is 2. The fourth-order valence-electron chi connectivity index (χ4n) is 3.96. The van der Waals surface area contributed by atoms with E-state index in [1.807, 2.05) is 31.2 Å². The van der Waals surface area contributed by atoms with Gasteiger partial charge in [0.25, 0.3) is 0 Å². The van der Waals surface area contributed by atoms with Crippen LogP contribution in [-0.4, -0.2) is 25.8 Å². The lowest BCUT2D eigenvalue weighted by molar-refractivity contribution is -0.206. The van der Waals surface area contributed by atoms with Crippen LogP contribution < -0.4 is 9.47 Å². The van der Waals surface area contributed by atoms with Crippen molar-refractivity contribution in [2.45, 2.75) is 72.0 Å². The molecule has 0 aromatic heterocycles. The first-order chi connectivity index (χ1) is 16.1. The van der Waals surface area contributed by atoms with Crippen LogP contribution in [0.3, 0.4) is 0 Å². The van der Waals surface area contributed by atoms with E-state index in [0.29, 0.717) is 23.8 Å². The van der Waals surface area contributed by atoms with Crippen molar-refractivity contribution in [3.05, 3.63) is 59.2 Å². The maximum atomic E-state index is 12.7. The monoisotopic (exact) mass is 454 g/mol. The van der Waals surface area contributed by atoms with Crippen LogP contribution in [0.5, 0.6) is 11.5 Å². The predicted octanol–water partition coefficient (Wildman–Crippen LogP) is 7.03. The maximum absolute atomic E-state index is 12.7. The van der Waals surface area contributed by atoms with Gasteiger partial charge in [-0.15, -0.1) is 0 Å². The molecule has 0 N–H and O–H groups in total. The van der Waals surface area contributed by atoms with Crippen molar-refractivity contribution in [3.8, 4) is 11.5 Å². The Labute approximate surface area is 198 Å². The van der Waals surface area contributed by atoms with Gasteiger partial charge in [-0.2, -0.15) is 0 Å². The van der Waals surface area contributed by atoms with E-state index in [1.165, 1.54) is 25.7 Å². The van der Waals surface area contributed by atoms with Gasteiger partial charge in [0.2, 0.25) is 0 Å². The molecule has 180 valence electrons. The van der Waals surface area contributed by atoms with Gasteiger partial charge in [-0.3, -0.25) is 0 Å². The zero-order valence-corrected chi connectivity index (χ0v) is 20.3. The summed E-state index contributed by atoms with van der Waals surface area (Å²) in [4.78, 5) is 12.7. The molecule has 1 aliphatic heterocycles. The summed E-state index contributed by atoms with van der Waals surface area (Å²) in [5, 5.41) is 0. The van der Waals surface area contributed by atoms with Crippen LogP contribution in [-0.2, 0) is 9.47 Å². The summed E-state index contributed by atoms with van der Waals surface area (Å²) in [5.41, 5.74) is 2.30. The summed E-state index contributed by atoms with van der Waals surface area (Å²) in [6, 6.07) is 12.8. The first kappa shape index (κ1) is 25.3.